The lowest BCUT2D eigenvalue weighted by atomic mass is 9.96. The lowest BCUT2D eigenvalue weighted by molar-refractivity contribution is 0.0269. The van der Waals surface area contributed by atoms with Crippen LogP contribution in [0.2, 0.25) is 0 Å². The van der Waals surface area contributed by atoms with Crippen molar-refractivity contribution in [3.8, 4) is 0 Å². The number of alkyl halides is 2. The fourth-order valence-corrected chi connectivity index (χ4v) is 1.01. The zero-order valence-electron chi connectivity index (χ0n) is 6.88. The van der Waals surface area contributed by atoms with Crippen LogP contribution in [0, 0.1) is 5.92 Å². The molecular formula is C8H8F2NO2. The smallest absolute Gasteiger partial charge is 0.283 e. The summed E-state index contributed by atoms with van der Waals surface area (Å²) in [5.41, 5.74) is 5.36. The largest absolute Gasteiger partial charge is 0.495 e. The van der Waals surface area contributed by atoms with E-state index >= 15 is 0 Å². The van der Waals surface area contributed by atoms with E-state index in [0.717, 1.165) is 6.08 Å². The normalized spacial score (nSPS) is 25.9. The fourth-order valence-electron chi connectivity index (χ4n) is 1.01. The van der Waals surface area contributed by atoms with Crippen molar-refractivity contribution in [1.82, 2.24) is 0 Å². The maximum Gasteiger partial charge on any atom is 0.283 e. The molecule has 1 rings (SSSR count). The lowest BCUT2D eigenvalue weighted by Crippen LogP contribution is -2.31. The maximum absolute atomic E-state index is 13.0. The van der Waals surface area contributed by atoms with Crippen molar-refractivity contribution >= 4 is 6.29 Å². The molecule has 1 atom stereocenters. The average Bonchev–Trinajstić information content (AvgIpc) is 2.08. The van der Waals surface area contributed by atoms with E-state index in [-0.39, 0.29) is 11.5 Å². The molecule has 0 aromatic rings. The predicted molar refractivity (Wildman–Crippen MR) is 41.5 cm³/mol. The number of carbonyl (C=O) groups excluding carboxylic acids is 1. The number of hydrogen-bond acceptors (Lipinski definition) is 3. The summed E-state index contributed by atoms with van der Waals surface area (Å²) in [7, 11) is 1.23. The second-order valence-electron chi connectivity index (χ2n) is 2.60. The Bertz CT molecular complexity index is 284. The zero-order valence-corrected chi connectivity index (χ0v) is 6.88. The SMILES string of the molecule is COC1=CC(F)(F)C([C]=O)C=C1N. The maximum atomic E-state index is 13.0. The van der Waals surface area contributed by atoms with Crippen molar-refractivity contribution in [2.45, 2.75) is 5.92 Å². The second-order valence-corrected chi connectivity index (χ2v) is 2.60. The van der Waals surface area contributed by atoms with E-state index in [4.69, 9.17) is 5.73 Å². The van der Waals surface area contributed by atoms with Gasteiger partial charge in [-0.25, -0.2) is 8.78 Å². The number of methoxy groups -OCH3 is 1. The molecule has 0 fully saturated rings. The minimum Gasteiger partial charge on any atom is -0.495 e. The summed E-state index contributed by atoms with van der Waals surface area (Å²) in [6, 6.07) is 0. The highest BCUT2D eigenvalue weighted by atomic mass is 19.3. The first-order chi connectivity index (χ1) is 6.01. The predicted octanol–water partition coefficient (Wildman–Crippen LogP) is 0.734. The average molecular weight is 188 g/mol. The van der Waals surface area contributed by atoms with Crippen LogP contribution < -0.4 is 5.73 Å². The molecule has 0 aromatic carbocycles. The van der Waals surface area contributed by atoms with Gasteiger partial charge in [0.15, 0.2) is 0 Å². The standard InChI is InChI=1S/C8H8F2NO2/c1-13-7-3-8(9,10)5(4-12)2-6(7)11/h2-3,5H,11H2,1H3. The lowest BCUT2D eigenvalue weighted by Gasteiger charge is -2.22. The summed E-state index contributed by atoms with van der Waals surface area (Å²) in [5, 5.41) is 0. The first-order valence-corrected chi connectivity index (χ1v) is 3.51. The molecule has 5 heteroatoms. The highest BCUT2D eigenvalue weighted by molar-refractivity contribution is 5.62. The monoisotopic (exact) mass is 188 g/mol. The van der Waals surface area contributed by atoms with Gasteiger partial charge in [0.2, 0.25) is 6.29 Å². The van der Waals surface area contributed by atoms with E-state index in [1.54, 1.807) is 0 Å². The van der Waals surface area contributed by atoms with Gasteiger partial charge in [-0.15, -0.1) is 0 Å². The number of hydrogen-bond donors (Lipinski definition) is 1. The first kappa shape index (κ1) is 9.70. The molecule has 13 heavy (non-hydrogen) atoms. The summed E-state index contributed by atoms with van der Waals surface area (Å²) in [5.74, 6) is -5.00. The highest BCUT2D eigenvalue weighted by Crippen LogP contribution is 2.33. The van der Waals surface area contributed by atoms with Crippen molar-refractivity contribution in [2.75, 3.05) is 7.11 Å². The van der Waals surface area contributed by atoms with Crippen LogP contribution in [-0.4, -0.2) is 19.3 Å². The van der Waals surface area contributed by atoms with E-state index in [2.05, 4.69) is 4.74 Å². The molecule has 1 aliphatic carbocycles. The van der Waals surface area contributed by atoms with E-state index < -0.39 is 11.8 Å². The third kappa shape index (κ3) is 1.68. The van der Waals surface area contributed by atoms with Crippen molar-refractivity contribution < 1.29 is 18.3 Å². The molecule has 0 bridgehead atoms. The highest BCUT2D eigenvalue weighted by Gasteiger charge is 2.40. The molecule has 0 aliphatic heterocycles. The van der Waals surface area contributed by atoms with Gasteiger partial charge in [-0.2, -0.15) is 0 Å². The summed E-state index contributed by atoms with van der Waals surface area (Å²) in [4.78, 5) is 10.1. The van der Waals surface area contributed by atoms with Crippen LogP contribution in [0.3, 0.4) is 0 Å². The van der Waals surface area contributed by atoms with Gasteiger partial charge in [0.05, 0.1) is 12.8 Å². The molecule has 0 amide bonds. The van der Waals surface area contributed by atoms with Crippen molar-refractivity contribution in [2.24, 2.45) is 11.7 Å². The Morgan fingerprint density at radius 2 is 2.31 bits per heavy atom. The molecule has 1 unspecified atom stereocenters. The summed E-state index contributed by atoms with van der Waals surface area (Å²) < 4.78 is 30.5. The van der Waals surface area contributed by atoms with Crippen LogP contribution in [0.15, 0.2) is 23.6 Å². The number of nitrogens with two attached hydrogens (primary N) is 1. The summed E-state index contributed by atoms with van der Waals surface area (Å²) in [6.45, 7) is 0. The first-order valence-electron chi connectivity index (χ1n) is 3.51. The second kappa shape index (κ2) is 3.16. The molecule has 2 N–H and O–H groups in total. The van der Waals surface area contributed by atoms with Crippen LogP contribution in [0.5, 0.6) is 0 Å². The Hall–Kier alpha value is -1.39. The van der Waals surface area contributed by atoms with Crippen molar-refractivity contribution in [1.29, 1.82) is 0 Å². The number of halogens is 2. The minimum atomic E-state index is -3.27. The number of ether oxygens (including phenoxy) is 1. The van der Waals surface area contributed by atoms with Gasteiger partial charge < -0.3 is 10.5 Å². The molecule has 3 nitrogen and oxygen atoms in total. The fraction of sp³-hybridized carbons (Fsp3) is 0.375. The van der Waals surface area contributed by atoms with Crippen LogP contribution in [-0.2, 0) is 9.53 Å². The molecule has 1 radical (unpaired) electrons. The Labute approximate surface area is 73.9 Å². The molecule has 0 spiro atoms. The Kier molecular flexibility index (Phi) is 2.36. The van der Waals surface area contributed by atoms with E-state index in [1.165, 1.54) is 13.4 Å². The van der Waals surface area contributed by atoms with Gasteiger partial charge in [0.1, 0.15) is 11.7 Å². The van der Waals surface area contributed by atoms with Gasteiger partial charge >= 0.3 is 0 Å². The molecule has 0 aromatic heterocycles. The van der Waals surface area contributed by atoms with Gasteiger partial charge in [-0.1, -0.05) is 0 Å². The topological polar surface area (TPSA) is 52.3 Å². The van der Waals surface area contributed by atoms with Crippen LogP contribution in [0.4, 0.5) is 8.78 Å². The van der Waals surface area contributed by atoms with Crippen molar-refractivity contribution in [3.05, 3.63) is 23.6 Å². The molecule has 1 aliphatic rings. The molecule has 71 valence electrons. The van der Waals surface area contributed by atoms with E-state index in [0.29, 0.717) is 6.08 Å². The number of allylic oxidation sites excluding steroid dienone is 2. The third-order valence-corrected chi connectivity index (χ3v) is 1.72. The summed E-state index contributed by atoms with van der Waals surface area (Å²) >= 11 is 0. The quantitative estimate of drug-likeness (QED) is 0.695. The van der Waals surface area contributed by atoms with Crippen molar-refractivity contribution in [3.63, 3.8) is 0 Å². The zero-order chi connectivity index (χ0) is 10.1. The summed E-state index contributed by atoms with van der Waals surface area (Å²) in [6.07, 6.45) is 2.67. The van der Waals surface area contributed by atoms with E-state index in [9.17, 15) is 13.6 Å². The minimum absolute atomic E-state index is 0.0294. The van der Waals surface area contributed by atoms with Gasteiger partial charge in [0, 0.05) is 6.08 Å². The van der Waals surface area contributed by atoms with Gasteiger partial charge in [0.25, 0.3) is 5.92 Å². The van der Waals surface area contributed by atoms with Gasteiger partial charge in [-0.05, 0) is 6.08 Å². The van der Waals surface area contributed by atoms with Crippen LogP contribution in [0.1, 0.15) is 0 Å². The van der Waals surface area contributed by atoms with E-state index in [1.807, 2.05) is 0 Å². The van der Waals surface area contributed by atoms with Gasteiger partial charge in [-0.3, -0.25) is 4.79 Å². The van der Waals surface area contributed by atoms with Crippen LogP contribution in [0.25, 0.3) is 0 Å². The molecule has 0 saturated heterocycles. The molecule has 0 saturated carbocycles. The van der Waals surface area contributed by atoms with Crippen LogP contribution >= 0.6 is 0 Å². The molecule has 0 heterocycles. The number of rotatable bonds is 2. The molecular weight excluding hydrogens is 180 g/mol. The Balaban J connectivity index is 3.04. The third-order valence-electron chi connectivity index (χ3n) is 1.72. The Morgan fingerprint density at radius 3 is 2.77 bits per heavy atom. The Morgan fingerprint density at radius 1 is 1.69 bits per heavy atom.